The van der Waals surface area contributed by atoms with Crippen LogP contribution in [0.15, 0.2) is 27.6 Å². The van der Waals surface area contributed by atoms with E-state index in [2.05, 4.69) is 30.7 Å². The fraction of sp³-hybridized carbons (Fsp3) is 0.467. The lowest BCUT2D eigenvalue weighted by Gasteiger charge is -2.11. The number of hydrogen-bond acceptors (Lipinski definition) is 4. The van der Waals surface area contributed by atoms with Crippen LogP contribution in [-0.4, -0.2) is 11.1 Å². The lowest BCUT2D eigenvalue weighted by Crippen LogP contribution is -2.10. The van der Waals surface area contributed by atoms with Crippen LogP contribution in [0, 0.1) is 0 Å². The molecule has 1 aliphatic carbocycles. The number of oxazole rings is 1. The van der Waals surface area contributed by atoms with Gasteiger partial charge in [-0.15, -0.1) is 0 Å². The Morgan fingerprint density at radius 2 is 2.11 bits per heavy atom. The van der Waals surface area contributed by atoms with E-state index in [9.17, 15) is 4.79 Å². The molecule has 0 radical (unpaired) electrons. The van der Waals surface area contributed by atoms with Crippen molar-refractivity contribution in [1.29, 1.82) is 0 Å². The van der Waals surface area contributed by atoms with Crippen molar-refractivity contribution in [2.24, 2.45) is 4.99 Å². The fourth-order valence-corrected chi connectivity index (χ4v) is 2.21. The van der Waals surface area contributed by atoms with Gasteiger partial charge in [0.15, 0.2) is 5.58 Å². The molecular weight excluding hydrogens is 240 g/mol. The highest BCUT2D eigenvalue weighted by molar-refractivity contribution is 5.74. The summed E-state index contributed by atoms with van der Waals surface area (Å²) in [5, 5.41) is 0. The highest BCUT2D eigenvalue weighted by Gasteiger charge is 2.45. The van der Waals surface area contributed by atoms with E-state index < -0.39 is 0 Å². The van der Waals surface area contributed by atoms with Gasteiger partial charge >= 0.3 is 0 Å². The summed E-state index contributed by atoms with van der Waals surface area (Å²) in [5.41, 5.74) is 2.17. The van der Waals surface area contributed by atoms with Gasteiger partial charge in [0, 0.05) is 5.41 Å². The van der Waals surface area contributed by atoms with Gasteiger partial charge in [0.2, 0.25) is 12.0 Å². The minimum absolute atomic E-state index is 0.114. The maximum absolute atomic E-state index is 10.5. The second-order valence-corrected chi connectivity index (χ2v) is 6.19. The Hall–Kier alpha value is -1.93. The van der Waals surface area contributed by atoms with Gasteiger partial charge in [-0.2, -0.15) is 4.99 Å². The highest BCUT2D eigenvalue weighted by Crippen LogP contribution is 2.49. The lowest BCUT2D eigenvalue weighted by atomic mass is 9.97. The third kappa shape index (κ3) is 1.98. The molecule has 1 heterocycles. The Balaban J connectivity index is 2.09. The molecule has 98 valence electrons. The molecule has 0 amide bonds. The van der Waals surface area contributed by atoms with Crippen LogP contribution in [0.5, 0.6) is 0 Å². The van der Waals surface area contributed by atoms with Crippen molar-refractivity contribution < 1.29 is 9.21 Å². The van der Waals surface area contributed by atoms with Gasteiger partial charge < -0.3 is 4.42 Å². The van der Waals surface area contributed by atoms with E-state index in [0.29, 0.717) is 0 Å². The smallest absolute Gasteiger partial charge is 0.235 e. The minimum atomic E-state index is -0.350. The topological polar surface area (TPSA) is 55.5 Å². The van der Waals surface area contributed by atoms with E-state index in [1.807, 2.05) is 18.2 Å². The number of aromatic nitrogens is 1. The normalized spacial score (nSPS) is 17.2. The summed E-state index contributed by atoms with van der Waals surface area (Å²) in [6, 6.07) is 5.85. The number of isocyanates is 1. The standard InChI is InChI=1S/C15H16N2O2/c1-14(2,3)13-17-11-8-10(4-5-12(11)19-13)15(6-7-15)16-9-18/h4-5,8H,6-7H2,1-3H3. The van der Waals surface area contributed by atoms with Crippen LogP contribution < -0.4 is 0 Å². The first-order valence-electron chi connectivity index (χ1n) is 6.45. The van der Waals surface area contributed by atoms with Gasteiger partial charge in [0.1, 0.15) is 5.52 Å². The Morgan fingerprint density at radius 1 is 1.37 bits per heavy atom. The van der Waals surface area contributed by atoms with E-state index in [1.165, 1.54) is 0 Å². The van der Waals surface area contributed by atoms with E-state index in [-0.39, 0.29) is 11.0 Å². The van der Waals surface area contributed by atoms with E-state index >= 15 is 0 Å². The quantitative estimate of drug-likeness (QED) is 0.610. The molecule has 1 aromatic carbocycles. The zero-order chi connectivity index (χ0) is 13.7. The number of benzene rings is 1. The molecule has 4 heteroatoms. The Morgan fingerprint density at radius 3 is 2.68 bits per heavy atom. The second-order valence-electron chi connectivity index (χ2n) is 6.19. The first-order chi connectivity index (χ1) is 8.94. The SMILES string of the molecule is CC(C)(C)c1nc2cc(C3(N=C=O)CC3)ccc2o1. The van der Waals surface area contributed by atoms with Crippen LogP contribution in [0.25, 0.3) is 11.1 Å². The number of carbonyl (C=O) groups excluding carboxylic acids is 1. The average Bonchev–Trinajstić information content (AvgIpc) is 2.99. The van der Waals surface area contributed by atoms with Gasteiger partial charge in [-0.25, -0.2) is 9.78 Å². The third-order valence-electron chi connectivity index (χ3n) is 3.55. The zero-order valence-electron chi connectivity index (χ0n) is 11.4. The first-order valence-corrected chi connectivity index (χ1v) is 6.45. The molecule has 1 aromatic heterocycles. The monoisotopic (exact) mass is 256 g/mol. The largest absolute Gasteiger partial charge is 0.440 e. The summed E-state index contributed by atoms with van der Waals surface area (Å²) >= 11 is 0. The van der Waals surface area contributed by atoms with Gasteiger partial charge in [0.05, 0.1) is 5.54 Å². The molecule has 2 aromatic rings. The van der Waals surface area contributed by atoms with Gasteiger partial charge in [-0.1, -0.05) is 26.8 Å². The number of aliphatic imine (C=N–C) groups is 1. The Kier molecular flexibility index (Phi) is 2.41. The summed E-state index contributed by atoms with van der Waals surface area (Å²) < 4.78 is 5.76. The molecule has 0 saturated heterocycles. The molecule has 0 unspecified atom stereocenters. The van der Waals surface area contributed by atoms with E-state index in [0.717, 1.165) is 35.4 Å². The molecule has 3 rings (SSSR count). The van der Waals surface area contributed by atoms with Crippen LogP contribution in [0.4, 0.5) is 0 Å². The molecule has 1 aliphatic rings. The van der Waals surface area contributed by atoms with Crippen molar-refractivity contribution in [2.75, 3.05) is 0 Å². The molecular formula is C15H16N2O2. The third-order valence-corrected chi connectivity index (χ3v) is 3.55. The maximum Gasteiger partial charge on any atom is 0.235 e. The van der Waals surface area contributed by atoms with Crippen molar-refractivity contribution in [1.82, 2.24) is 4.98 Å². The molecule has 19 heavy (non-hydrogen) atoms. The molecule has 1 fully saturated rings. The van der Waals surface area contributed by atoms with E-state index in [4.69, 9.17) is 4.42 Å². The average molecular weight is 256 g/mol. The van der Waals surface area contributed by atoms with Crippen LogP contribution in [0.1, 0.15) is 45.1 Å². The number of rotatable bonds is 2. The second kappa shape index (κ2) is 3.78. The molecule has 0 spiro atoms. The molecule has 0 N–H and O–H groups in total. The van der Waals surface area contributed by atoms with Crippen molar-refractivity contribution >= 4 is 17.2 Å². The van der Waals surface area contributed by atoms with E-state index in [1.54, 1.807) is 6.08 Å². The van der Waals surface area contributed by atoms with Crippen LogP contribution in [0.2, 0.25) is 0 Å². The van der Waals surface area contributed by atoms with Gasteiger partial charge in [0.25, 0.3) is 0 Å². The van der Waals surface area contributed by atoms with Gasteiger partial charge in [-0.05, 0) is 30.5 Å². The molecule has 4 nitrogen and oxygen atoms in total. The van der Waals surface area contributed by atoms with Crippen LogP contribution in [-0.2, 0) is 15.7 Å². The molecule has 0 bridgehead atoms. The van der Waals surface area contributed by atoms with Crippen molar-refractivity contribution in [3.05, 3.63) is 29.7 Å². The summed E-state index contributed by atoms with van der Waals surface area (Å²) in [6.45, 7) is 6.20. The van der Waals surface area contributed by atoms with Crippen LogP contribution in [0.3, 0.4) is 0 Å². The predicted molar refractivity (Wildman–Crippen MR) is 71.7 cm³/mol. The highest BCUT2D eigenvalue weighted by atomic mass is 16.3. The minimum Gasteiger partial charge on any atom is -0.440 e. The maximum atomic E-state index is 10.5. The Bertz CT molecular complexity index is 684. The predicted octanol–water partition coefficient (Wildman–Crippen LogP) is 3.45. The summed E-state index contributed by atoms with van der Waals surface area (Å²) in [4.78, 5) is 19.0. The van der Waals surface area contributed by atoms with Crippen molar-refractivity contribution in [3.8, 4) is 0 Å². The number of nitrogens with zero attached hydrogens (tertiary/aromatic N) is 2. The molecule has 0 aliphatic heterocycles. The lowest BCUT2D eigenvalue weighted by molar-refractivity contribution is 0.411. The summed E-state index contributed by atoms with van der Waals surface area (Å²) in [5.74, 6) is 0.725. The van der Waals surface area contributed by atoms with Gasteiger partial charge in [-0.3, -0.25) is 0 Å². The van der Waals surface area contributed by atoms with Crippen molar-refractivity contribution in [3.63, 3.8) is 0 Å². The van der Waals surface area contributed by atoms with Crippen LogP contribution >= 0.6 is 0 Å². The summed E-state index contributed by atoms with van der Waals surface area (Å²) in [6.07, 6.45) is 3.48. The number of hydrogen-bond donors (Lipinski definition) is 0. The van der Waals surface area contributed by atoms with Crippen molar-refractivity contribution in [2.45, 2.75) is 44.6 Å². The zero-order valence-corrected chi connectivity index (χ0v) is 11.4. The Labute approximate surface area is 111 Å². The summed E-state index contributed by atoms with van der Waals surface area (Å²) in [7, 11) is 0. The fourth-order valence-electron chi connectivity index (χ4n) is 2.21. The number of fused-ring (bicyclic) bond motifs is 1. The molecule has 1 saturated carbocycles. The first kappa shape index (κ1) is 12.1. The molecule has 0 atom stereocenters.